The second kappa shape index (κ2) is 3.60. The molecule has 2 unspecified atom stereocenters. The van der Waals surface area contributed by atoms with Crippen LogP contribution in [0, 0.1) is 11.7 Å². The van der Waals surface area contributed by atoms with Gasteiger partial charge in [-0.1, -0.05) is 19.1 Å². The first-order chi connectivity index (χ1) is 6.72. The molecule has 14 heavy (non-hydrogen) atoms. The van der Waals surface area contributed by atoms with Crippen molar-refractivity contribution >= 4 is 0 Å². The topological polar surface area (TPSA) is 9.23 Å². The van der Waals surface area contributed by atoms with E-state index in [1.807, 2.05) is 13.0 Å². The van der Waals surface area contributed by atoms with Crippen LogP contribution in [0.1, 0.15) is 25.8 Å². The number of benzene rings is 1. The highest BCUT2D eigenvalue weighted by atomic mass is 19.1. The molecule has 1 aliphatic heterocycles. The lowest BCUT2D eigenvalue weighted by atomic mass is 9.89. The van der Waals surface area contributed by atoms with E-state index in [0.717, 1.165) is 18.4 Å². The number of rotatable bonds is 1. The zero-order valence-corrected chi connectivity index (χ0v) is 8.59. The van der Waals surface area contributed by atoms with E-state index in [1.54, 1.807) is 6.07 Å². The second-order valence-corrected chi connectivity index (χ2v) is 3.92. The van der Waals surface area contributed by atoms with Crippen LogP contribution in [0.2, 0.25) is 0 Å². The van der Waals surface area contributed by atoms with Gasteiger partial charge in [0.1, 0.15) is 0 Å². The summed E-state index contributed by atoms with van der Waals surface area (Å²) in [6.07, 6.45) is 2.14. The zero-order chi connectivity index (χ0) is 10.1. The van der Waals surface area contributed by atoms with Crippen LogP contribution < -0.4 is 4.74 Å². The molecule has 0 aliphatic carbocycles. The van der Waals surface area contributed by atoms with Crippen molar-refractivity contribution in [3.63, 3.8) is 0 Å². The van der Waals surface area contributed by atoms with Crippen molar-refractivity contribution in [2.45, 2.75) is 32.8 Å². The highest BCUT2D eigenvalue weighted by molar-refractivity contribution is 5.37. The summed E-state index contributed by atoms with van der Waals surface area (Å²) >= 11 is 0. The summed E-state index contributed by atoms with van der Waals surface area (Å²) in [6, 6.07) is 5.16. The van der Waals surface area contributed by atoms with Crippen LogP contribution in [0.15, 0.2) is 18.2 Å². The van der Waals surface area contributed by atoms with Crippen molar-refractivity contribution in [1.29, 1.82) is 0 Å². The lowest BCUT2D eigenvalue weighted by molar-refractivity contribution is 0.120. The Kier molecular flexibility index (Phi) is 2.44. The highest BCUT2D eigenvalue weighted by Crippen LogP contribution is 2.33. The average molecular weight is 194 g/mol. The normalized spacial score (nSPS) is 25.4. The minimum absolute atomic E-state index is 0.129. The van der Waals surface area contributed by atoms with Crippen LogP contribution in [0.5, 0.6) is 5.75 Å². The molecule has 0 spiro atoms. The van der Waals surface area contributed by atoms with E-state index in [0.29, 0.717) is 11.7 Å². The summed E-state index contributed by atoms with van der Waals surface area (Å²) in [5, 5.41) is 0. The van der Waals surface area contributed by atoms with E-state index in [4.69, 9.17) is 4.74 Å². The van der Waals surface area contributed by atoms with Crippen molar-refractivity contribution in [1.82, 2.24) is 0 Å². The predicted octanol–water partition coefficient (Wildman–Crippen LogP) is 3.18. The Morgan fingerprint density at radius 1 is 1.50 bits per heavy atom. The summed E-state index contributed by atoms with van der Waals surface area (Å²) in [6.45, 7) is 4.17. The van der Waals surface area contributed by atoms with E-state index in [9.17, 15) is 4.39 Å². The molecule has 1 heterocycles. The molecule has 1 nitrogen and oxygen atoms in total. The van der Waals surface area contributed by atoms with Gasteiger partial charge in [-0.3, -0.25) is 0 Å². The van der Waals surface area contributed by atoms with Gasteiger partial charge in [0.05, 0.1) is 6.10 Å². The third-order valence-electron chi connectivity index (χ3n) is 3.02. The average Bonchev–Trinajstić information content (AvgIpc) is 2.19. The molecule has 1 aromatic rings. The van der Waals surface area contributed by atoms with Crippen LogP contribution in [-0.4, -0.2) is 6.10 Å². The minimum Gasteiger partial charge on any atom is -0.487 e. The van der Waals surface area contributed by atoms with Gasteiger partial charge in [-0.25, -0.2) is 4.39 Å². The molecule has 2 atom stereocenters. The lowest BCUT2D eigenvalue weighted by Gasteiger charge is -2.30. The van der Waals surface area contributed by atoms with Gasteiger partial charge in [-0.2, -0.15) is 0 Å². The molecule has 0 aromatic heterocycles. The van der Waals surface area contributed by atoms with Gasteiger partial charge in [0.25, 0.3) is 0 Å². The highest BCUT2D eigenvalue weighted by Gasteiger charge is 2.26. The fourth-order valence-corrected chi connectivity index (χ4v) is 2.05. The Bertz CT molecular complexity index is 335. The number of hydrogen-bond donors (Lipinski definition) is 0. The molecular weight excluding hydrogens is 179 g/mol. The first kappa shape index (κ1) is 9.50. The second-order valence-electron chi connectivity index (χ2n) is 3.92. The van der Waals surface area contributed by atoms with Crippen LogP contribution in [-0.2, 0) is 6.42 Å². The fourth-order valence-electron chi connectivity index (χ4n) is 2.05. The SMILES string of the molecule is CCC1Cc2cccc(F)c2OC1C. The van der Waals surface area contributed by atoms with Gasteiger partial charge in [-0.05, 0) is 37.3 Å². The van der Waals surface area contributed by atoms with Crippen LogP contribution >= 0.6 is 0 Å². The molecule has 1 aliphatic rings. The summed E-state index contributed by atoms with van der Waals surface area (Å²) in [5.74, 6) is 0.748. The number of fused-ring (bicyclic) bond motifs is 1. The van der Waals surface area contributed by atoms with E-state index < -0.39 is 0 Å². The van der Waals surface area contributed by atoms with Crippen molar-refractivity contribution in [3.05, 3.63) is 29.6 Å². The van der Waals surface area contributed by atoms with Gasteiger partial charge < -0.3 is 4.74 Å². The molecule has 0 saturated heterocycles. The monoisotopic (exact) mass is 194 g/mol. The maximum atomic E-state index is 13.4. The predicted molar refractivity (Wildman–Crippen MR) is 54.0 cm³/mol. The quantitative estimate of drug-likeness (QED) is 0.667. The molecule has 0 saturated carbocycles. The third-order valence-corrected chi connectivity index (χ3v) is 3.02. The minimum atomic E-state index is -0.232. The summed E-state index contributed by atoms with van der Waals surface area (Å²) in [7, 11) is 0. The maximum absolute atomic E-state index is 13.4. The molecule has 0 radical (unpaired) electrons. The van der Waals surface area contributed by atoms with Gasteiger partial charge in [-0.15, -0.1) is 0 Å². The maximum Gasteiger partial charge on any atom is 0.165 e. The summed E-state index contributed by atoms with van der Waals surface area (Å²) < 4.78 is 18.9. The third kappa shape index (κ3) is 1.49. The molecule has 2 rings (SSSR count). The number of ether oxygens (including phenoxy) is 1. The Balaban J connectivity index is 2.35. The largest absolute Gasteiger partial charge is 0.487 e. The van der Waals surface area contributed by atoms with Crippen LogP contribution in [0.25, 0.3) is 0 Å². The summed E-state index contributed by atoms with van der Waals surface area (Å²) in [4.78, 5) is 0. The number of hydrogen-bond acceptors (Lipinski definition) is 1. The molecule has 2 heteroatoms. The molecule has 0 fully saturated rings. The number of halogens is 1. The molecule has 76 valence electrons. The Labute approximate surface area is 83.9 Å². The molecule has 1 aromatic carbocycles. The standard InChI is InChI=1S/C12H15FO/c1-3-9-7-10-5-4-6-11(13)12(10)14-8(9)2/h4-6,8-9H,3,7H2,1-2H3. The van der Waals surface area contributed by atoms with E-state index >= 15 is 0 Å². The Hall–Kier alpha value is -1.05. The molecular formula is C12H15FO. The molecule has 0 amide bonds. The molecule has 0 N–H and O–H groups in total. The smallest absolute Gasteiger partial charge is 0.165 e. The van der Waals surface area contributed by atoms with Gasteiger partial charge in [0.15, 0.2) is 11.6 Å². The summed E-state index contributed by atoms with van der Waals surface area (Å²) in [5.41, 5.74) is 1.01. The van der Waals surface area contributed by atoms with Crippen molar-refractivity contribution in [3.8, 4) is 5.75 Å². The Morgan fingerprint density at radius 3 is 3.00 bits per heavy atom. The van der Waals surface area contributed by atoms with Crippen LogP contribution in [0.4, 0.5) is 4.39 Å². The van der Waals surface area contributed by atoms with Crippen molar-refractivity contribution in [2.75, 3.05) is 0 Å². The number of para-hydroxylation sites is 1. The van der Waals surface area contributed by atoms with E-state index in [2.05, 4.69) is 6.92 Å². The Morgan fingerprint density at radius 2 is 2.29 bits per heavy atom. The van der Waals surface area contributed by atoms with Crippen molar-refractivity contribution < 1.29 is 9.13 Å². The van der Waals surface area contributed by atoms with E-state index in [1.165, 1.54) is 6.07 Å². The van der Waals surface area contributed by atoms with Gasteiger partial charge in [0.2, 0.25) is 0 Å². The first-order valence-electron chi connectivity index (χ1n) is 5.16. The molecule has 0 bridgehead atoms. The van der Waals surface area contributed by atoms with Crippen LogP contribution in [0.3, 0.4) is 0 Å². The van der Waals surface area contributed by atoms with Gasteiger partial charge in [0, 0.05) is 0 Å². The van der Waals surface area contributed by atoms with Gasteiger partial charge >= 0.3 is 0 Å². The lowest BCUT2D eigenvalue weighted by Crippen LogP contribution is -2.30. The van der Waals surface area contributed by atoms with E-state index in [-0.39, 0.29) is 11.9 Å². The zero-order valence-electron chi connectivity index (χ0n) is 8.59. The van der Waals surface area contributed by atoms with Crippen molar-refractivity contribution in [2.24, 2.45) is 5.92 Å². The fraction of sp³-hybridized carbons (Fsp3) is 0.500. The first-order valence-corrected chi connectivity index (χ1v) is 5.16.